The van der Waals surface area contributed by atoms with E-state index in [1.165, 1.54) is 0 Å². The van der Waals surface area contributed by atoms with E-state index in [1.54, 1.807) is 13.3 Å². The number of methoxy groups -OCH3 is 1. The molecular formula is C20H21ClN6O. The molecule has 2 heterocycles. The second-order valence-electron chi connectivity index (χ2n) is 6.42. The average Bonchev–Trinajstić information content (AvgIpc) is 2.74. The smallest absolute Gasteiger partial charge is 0.247 e. The minimum atomic E-state index is 0.616. The van der Waals surface area contributed by atoms with Gasteiger partial charge in [-0.3, -0.25) is 0 Å². The molecular weight excluding hydrogens is 376 g/mol. The van der Waals surface area contributed by atoms with Crippen molar-refractivity contribution in [2.75, 3.05) is 48.4 Å². The fraction of sp³-hybridized carbons (Fsp3) is 0.250. The van der Waals surface area contributed by atoms with Gasteiger partial charge < -0.3 is 19.9 Å². The van der Waals surface area contributed by atoms with E-state index >= 15 is 0 Å². The maximum absolute atomic E-state index is 6.11. The zero-order valence-electron chi connectivity index (χ0n) is 15.5. The van der Waals surface area contributed by atoms with Gasteiger partial charge >= 0.3 is 0 Å². The van der Waals surface area contributed by atoms with Gasteiger partial charge in [-0.2, -0.15) is 10.1 Å². The lowest BCUT2D eigenvalue weighted by molar-refractivity contribution is 0.417. The van der Waals surface area contributed by atoms with Crippen LogP contribution in [-0.2, 0) is 0 Å². The van der Waals surface area contributed by atoms with Gasteiger partial charge in [-0.1, -0.05) is 29.8 Å². The van der Waals surface area contributed by atoms with Crippen molar-refractivity contribution < 1.29 is 4.74 Å². The van der Waals surface area contributed by atoms with Gasteiger partial charge in [0.05, 0.1) is 19.0 Å². The number of piperazine rings is 1. The monoisotopic (exact) mass is 396 g/mol. The van der Waals surface area contributed by atoms with Crippen molar-refractivity contribution in [1.82, 2.24) is 15.2 Å². The minimum absolute atomic E-state index is 0.616. The van der Waals surface area contributed by atoms with Gasteiger partial charge in [-0.15, -0.1) is 5.10 Å². The molecule has 3 aromatic rings. The molecule has 0 atom stereocenters. The molecule has 1 fully saturated rings. The number of para-hydroxylation sites is 2. The van der Waals surface area contributed by atoms with E-state index in [4.69, 9.17) is 16.3 Å². The Kier molecular flexibility index (Phi) is 5.43. The summed E-state index contributed by atoms with van der Waals surface area (Å²) < 4.78 is 5.37. The Balaban J connectivity index is 1.44. The van der Waals surface area contributed by atoms with Crippen LogP contribution in [0.4, 0.5) is 23.1 Å². The summed E-state index contributed by atoms with van der Waals surface area (Å²) >= 11 is 6.11. The largest absolute Gasteiger partial charge is 0.495 e. The second-order valence-corrected chi connectivity index (χ2v) is 6.86. The molecule has 1 aliphatic heterocycles. The van der Waals surface area contributed by atoms with Crippen LogP contribution in [-0.4, -0.2) is 48.5 Å². The van der Waals surface area contributed by atoms with Crippen LogP contribution in [0.25, 0.3) is 0 Å². The molecule has 0 bridgehead atoms. The van der Waals surface area contributed by atoms with Crippen molar-refractivity contribution in [2.45, 2.75) is 0 Å². The maximum atomic E-state index is 6.11. The molecule has 28 heavy (non-hydrogen) atoms. The molecule has 1 saturated heterocycles. The first-order valence-electron chi connectivity index (χ1n) is 9.08. The number of benzene rings is 2. The van der Waals surface area contributed by atoms with Crippen LogP contribution in [0, 0.1) is 0 Å². The molecule has 0 spiro atoms. The van der Waals surface area contributed by atoms with Crippen molar-refractivity contribution >= 4 is 34.7 Å². The average molecular weight is 397 g/mol. The quantitative estimate of drug-likeness (QED) is 0.706. The highest BCUT2D eigenvalue weighted by Crippen LogP contribution is 2.27. The SMILES string of the molecule is COc1ccccc1Nc1cnnc(N2CCN(c3cccc(Cl)c3)CC2)n1. The number of rotatable bonds is 5. The lowest BCUT2D eigenvalue weighted by Crippen LogP contribution is -2.47. The Morgan fingerprint density at radius 3 is 2.57 bits per heavy atom. The van der Waals surface area contributed by atoms with Gasteiger partial charge in [0.2, 0.25) is 5.95 Å². The lowest BCUT2D eigenvalue weighted by atomic mass is 10.2. The predicted octanol–water partition coefficient (Wildman–Crippen LogP) is 3.60. The first kappa shape index (κ1) is 18.3. The summed E-state index contributed by atoms with van der Waals surface area (Å²) in [7, 11) is 1.64. The van der Waals surface area contributed by atoms with Crippen LogP contribution in [0.2, 0.25) is 5.02 Å². The molecule has 0 unspecified atom stereocenters. The van der Waals surface area contributed by atoms with E-state index in [1.807, 2.05) is 42.5 Å². The second kappa shape index (κ2) is 8.31. The molecule has 0 saturated carbocycles. The molecule has 144 valence electrons. The molecule has 8 heteroatoms. The highest BCUT2D eigenvalue weighted by molar-refractivity contribution is 6.30. The molecule has 0 amide bonds. The number of ether oxygens (including phenoxy) is 1. The van der Waals surface area contributed by atoms with Crippen molar-refractivity contribution in [3.8, 4) is 5.75 Å². The fourth-order valence-corrected chi connectivity index (χ4v) is 3.40. The van der Waals surface area contributed by atoms with Crippen molar-refractivity contribution in [3.63, 3.8) is 0 Å². The minimum Gasteiger partial charge on any atom is -0.495 e. The van der Waals surface area contributed by atoms with E-state index < -0.39 is 0 Å². The number of hydrogen-bond acceptors (Lipinski definition) is 7. The summed E-state index contributed by atoms with van der Waals surface area (Å²) in [5.41, 5.74) is 1.97. The van der Waals surface area contributed by atoms with Crippen LogP contribution in [0.15, 0.2) is 54.7 Å². The zero-order valence-corrected chi connectivity index (χ0v) is 16.3. The van der Waals surface area contributed by atoms with Gasteiger partial charge in [-0.25, -0.2) is 0 Å². The van der Waals surface area contributed by atoms with E-state index in [-0.39, 0.29) is 0 Å². The predicted molar refractivity (Wildman–Crippen MR) is 112 cm³/mol. The van der Waals surface area contributed by atoms with Gasteiger partial charge in [0.1, 0.15) is 5.75 Å². The normalized spacial score (nSPS) is 14.1. The molecule has 1 N–H and O–H groups in total. The summed E-state index contributed by atoms with van der Waals surface area (Å²) in [6.45, 7) is 3.36. The number of halogens is 1. The standard InChI is InChI=1S/C20H21ClN6O/c1-28-18-8-3-2-7-17(18)23-19-14-22-25-20(24-19)27-11-9-26(10-12-27)16-6-4-5-15(21)13-16/h2-8,13-14H,9-12H2,1H3,(H,23,24,25). The Hall–Kier alpha value is -3.06. The molecule has 4 rings (SSSR count). The Morgan fingerprint density at radius 1 is 1.00 bits per heavy atom. The molecule has 2 aromatic carbocycles. The van der Waals surface area contributed by atoms with Crippen LogP contribution < -0.4 is 19.9 Å². The highest BCUT2D eigenvalue weighted by Gasteiger charge is 2.20. The van der Waals surface area contributed by atoms with E-state index in [9.17, 15) is 0 Å². The van der Waals surface area contributed by atoms with Gasteiger partial charge in [0.15, 0.2) is 5.82 Å². The van der Waals surface area contributed by atoms with E-state index in [0.29, 0.717) is 11.8 Å². The van der Waals surface area contributed by atoms with E-state index in [0.717, 1.165) is 48.3 Å². The third-order valence-corrected chi connectivity index (χ3v) is 4.89. The molecule has 7 nitrogen and oxygen atoms in total. The number of anilines is 4. The van der Waals surface area contributed by atoms with Gasteiger partial charge in [-0.05, 0) is 30.3 Å². The molecule has 0 aliphatic carbocycles. The zero-order chi connectivity index (χ0) is 19.3. The number of aromatic nitrogens is 3. The van der Waals surface area contributed by atoms with Crippen LogP contribution >= 0.6 is 11.6 Å². The van der Waals surface area contributed by atoms with Crippen LogP contribution in [0.5, 0.6) is 5.75 Å². The Bertz CT molecular complexity index is 945. The number of nitrogens with zero attached hydrogens (tertiary/aromatic N) is 5. The maximum Gasteiger partial charge on any atom is 0.247 e. The fourth-order valence-electron chi connectivity index (χ4n) is 3.21. The summed E-state index contributed by atoms with van der Waals surface area (Å²) in [6.07, 6.45) is 1.61. The third-order valence-electron chi connectivity index (χ3n) is 4.65. The number of hydrogen-bond donors (Lipinski definition) is 1. The molecule has 1 aromatic heterocycles. The first-order chi connectivity index (χ1) is 13.7. The van der Waals surface area contributed by atoms with Crippen LogP contribution in [0.3, 0.4) is 0 Å². The Morgan fingerprint density at radius 2 is 1.79 bits per heavy atom. The summed E-state index contributed by atoms with van der Waals surface area (Å²) in [5, 5.41) is 12.3. The third kappa shape index (κ3) is 4.09. The van der Waals surface area contributed by atoms with E-state index in [2.05, 4.69) is 36.4 Å². The lowest BCUT2D eigenvalue weighted by Gasteiger charge is -2.36. The topological polar surface area (TPSA) is 66.4 Å². The molecule has 1 aliphatic rings. The van der Waals surface area contributed by atoms with Gasteiger partial charge in [0.25, 0.3) is 0 Å². The van der Waals surface area contributed by atoms with Crippen molar-refractivity contribution in [2.24, 2.45) is 0 Å². The van der Waals surface area contributed by atoms with Crippen LogP contribution in [0.1, 0.15) is 0 Å². The summed E-state index contributed by atoms with van der Waals surface area (Å²) in [6, 6.07) is 15.6. The summed E-state index contributed by atoms with van der Waals surface area (Å²) in [5.74, 6) is 2.00. The van der Waals surface area contributed by atoms with Crippen molar-refractivity contribution in [1.29, 1.82) is 0 Å². The number of nitrogens with one attached hydrogen (secondary N) is 1. The highest BCUT2D eigenvalue weighted by atomic mass is 35.5. The Labute approximate surface area is 168 Å². The first-order valence-corrected chi connectivity index (χ1v) is 9.46. The molecule has 0 radical (unpaired) electrons. The van der Waals surface area contributed by atoms with Gasteiger partial charge in [0, 0.05) is 36.9 Å². The van der Waals surface area contributed by atoms with Crippen molar-refractivity contribution in [3.05, 3.63) is 59.8 Å². The summed E-state index contributed by atoms with van der Waals surface area (Å²) in [4.78, 5) is 9.08.